The summed E-state index contributed by atoms with van der Waals surface area (Å²) in [5.41, 5.74) is 0. The van der Waals surface area contributed by atoms with E-state index in [1.807, 2.05) is 0 Å². The van der Waals surface area contributed by atoms with Gasteiger partial charge in [0, 0.05) is 31.6 Å². The number of thioether (sulfide) groups is 1. The molecule has 2 heterocycles. The van der Waals surface area contributed by atoms with Gasteiger partial charge in [0.25, 0.3) is 10.0 Å². The second kappa shape index (κ2) is 6.15. The van der Waals surface area contributed by atoms with Gasteiger partial charge < -0.3 is 9.30 Å². The number of rotatable bonds is 5. The Labute approximate surface area is 122 Å². The van der Waals surface area contributed by atoms with Gasteiger partial charge in [-0.15, -0.1) is 11.8 Å². The Balaban J connectivity index is 1.97. The van der Waals surface area contributed by atoms with Gasteiger partial charge in [-0.25, -0.2) is 13.4 Å². The van der Waals surface area contributed by atoms with Crippen molar-refractivity contribution in [3.05, 3.63) is 12.5 Å². The molecule has 0 amide bonds. The van der Waals surface area contributed by atoms with Crippen LogP contribution in [-0.4, -0.2) is 59.4 Å². The molecular weight excluding hydrogens is 302 g/mol. The predicted molar refractivity (Wildman–Crippen MR) is 74.8 cm³/mol. The molecule has 1 fully saturated rings. The maximum absolute atomic E-state index is 12.3. The molecule has 7 nitrogen and oxygen atoms in total. The number of carbonyl (C=O) groups is 1. The van der Waals surface area contributed by atoms with Crippen molar-refractivity contribution in [2.24, 2.45) is 7.05 Å². The maximum Gasteiger partial charge on any atom is 0.315 e. The van der Waals surface area contributed by atoms with Gasteiger partial charge in [0.15, 0.2) is 5.03 Å². The number of nitrogens with zero attached hydrogens (tertiary/aromatic N) is 3. The molecular formula is C11H17N3O4S2. The molecule has 1 unspecified atom stereocenters. The van der Waals surface area contributed by atoms with Gasteiger partial charge in [0.1, 0.15) is 0 Å². The van der Waals surface area contributed by atoms with Crippen LogP contribution in [0.2, 0.25) is 0 Å². The molecule has 20 heavy (non-hydrogen) atoms. The number of methoxy groups -OCH3 is 1. The average molecular weight is 319 g/mol. The lowest BCUT2D eigenvalue weighted by atomic mass is 10.4. The monoisotopic (exact) mass is 319 g/mol. The normalized spacial score (nSPS) is 20.2. The molecule has 9 heteroatoms. The second-order valence-electron chi connectivity index (χ2n) is 4.54. The fourth-order valence-corrected chi connectivity index (χ4v) is 4.56. The smallest absolute Gasteiger partial charge is 0.315 e. The van der Waals surface area contributed by atoms with E-state index in [1.54, 1.807) is 11.6 Å². The van der Waals surface area contributed by atoms with Crippen LogP contribution in [0.3, 0.4) is 0 Å². The van der Waals surface area contributed by atoms with Gasteiger partial charge in [0.2, 0.25) is 0 Å². The highest BCUT2D eigenvalue weighted by molar-refractivity contribution is 8.00. The first kappa shape index (κ1) is 15.3. The molecule has 0 aromatic carbocycles. The lowest BCUT2D eigenvalue weighted by Crippen LogP contribution is -2.29. The van der Waals surface area contributed by atoms with E-state index in [0.29, 0.717) is 13.1 Å². The number of aromatic nitrogens is 2. The van der Waals surface area contributed by atoms with Crippen LogP contribution in [0.25, 0.3) is 0 Å². The van der Waals surface area contributed by atoms with Crippen LogP contribution < -0.4 is 0 Å². The highest BCUT2D eigenvalue weighted by Crippen LogP contribution is 2.26. The Morgan fingerprint density at radius 3 is 2.95 bits per heavy atom. The molecule has 1 saturated heterocycles. The van der Waals surface area contributed by atoms with Crippen molar-refractivity contribution in [1.29, 1.82) is 0 Å². The van der Waals surface area contributed by atoms with E-state index in [2.05, 4.69) is 9.72 Å². The third-order valence-electron chi connectivity index (χ3n) is 3.06. The Morgan fingerprint density at radius 1 is 1.60 bits per heavy atom. The summed E-state index contributed by atoms with van der Waals surface area (Å²) < 4.78 is 32.3. The first-order valence-corrected chi connectivity index (χ1v) is 8.59. The third-order valence-corrected chi connectivity index (χ3v) is 6.07. The Hall–Kier alpha value is -1.06. The number of hydrogen-bond acceptors (Lipinski definition) is 6. The highest BCUT2D eigenvalue weighted by Gasteiger charge is 2.34. The number of esters is 1. The average Bonchev–Trinajstić information content (AvgIpc) is 3.05. The van der Waals surface area contributed by atoms with Crippen molar-refractivity contribution in [3.63, 3.8) is 0 Å². The molecule has 0 saturated carbocycles. The Kier molecular flexibility index (Phi) is 4.71. The third kappa shape index (κ3) is 3.33. The molecule has 1 atom stereocenters. The van der Waals surface area contributed by atoms with E-state index in [1.165, 1.54) is 35.7 Å². The largest absolute Gasteiger partial charge is 0.468 e. The summed E-state index contributed by atoms with van der Waals surface area (Å²) in [6.45, 7) is 0.859. The van der Waals surface area contributed by atoms with E-state index in [4.69, 9.17) is 0 Å². The van der Waals surface area contributed by atoms with E-state index < -0.39 is 10.0 Å². The second-order valence-corrected chi connectivity index (χ2v) is 7.71. The van der Waals surface area contributed by atoms with Crippen LogP contribution in [0.1, 0.15) is 6.42 Å². The maximum atomic E-state index is 12.3. The minimum Gasteiger partial charge on any atom is -0.468 e. The number of carbonyl (C=O) groups excluding carboxylic acids is 1. The minimum absolute atomic E-state index is 0.0682. The van der Waals surface area contributed by atoms with Crippen LogP contribution in [0, 0.1) is 0 Å². The summed E-state index contributed by atoms with van der Waals surface area (Å²) in [6, 6.07) is 0. The number of sulfonamides is 1. The van der Waals surface area contributed by atoms with Crippen LogP contribution in [0.5, 0.6) is 0 Å². The molecule has 1 aliphatic rings. The van der Waals surface area contributed by atoms with Crippen molar-refractivity contribution in [3.8, 4) is 0 Å². The first-order chi connectivity index (χ1) is 9.43. The molecule has 1 aromatic rings. The zero-order valence-electron chi connectivity index (χ0n) is 11.4. The fourth-order valence-electron chi connectivity index (χ4n) is 1.95. The zero-order chi connectivity index (χ0) is 14.8. The van der Waals surface area contributed by atoms with Crippen molar-refractivity contribution >= 4 is 27.8 Å². The summed E-state index contributed by atoms with van der Waals surface area (Å²) >= 11 is 1.43. The molecule has 112 valence electrons. The molecule has 0 bridgehead atoms. The summed E-state index contributed by atoms with van der Waals surface area (Å²) in [6.07, 6.45) is 3.68. The van der Waals surface area contributed by atoms with Crippen LogP contribution in [-0.2, 0) is 26.6 Å². The lowest BCUT2D eigenvalue weighted by molar-refractivity contribution is -0.137. The quantitative estimate of drug-likeness (QED) is 0.716. The SMILES string of the molecule is COC(=O)CSC1CCN(S(=O)(=O)c2cn(C)cn2)C1. The summed E-state index contributed by atoms with van der Waals surface area (Å²) in [5.74, 6) is -0.0421. The van der Waals surface area contributed by atoms with Gasteiger partial charge >= 0.3 is 5.97 Å². The van der Waals surface area contributed by atoms with E-state index in [-0.39, 0.29) is 22.0 Å². The van der Waals surface area contributed by atoms with Gasteiger partial charge in [-0.05, 0) is 6.42 Å². The van der Waals surface area contributed by atoms with Gasteiger partial charge in [0.05, 0.1) is 19.2 Å². The fraction of sp³-hybridized carbons (Fsp3) is 0.636. The minimum atomic E-state index is -3.52. The standard InChI is InChI=1S/C11H17N3O4S2/c1-13-6-10(12-8-13)20(16,17)14-4-3-9(5-14)19-7-11(15)18-2/h6,8-9H,3-5,7H2,1-2H3. The van der Waals surface area contributed by atoms with Crippen molar-refractivity contribution < 1.29 is 17.9 Å². The number of ether oxygens (including phenoxy) is 1. The topological polar surface area (TPSA) is 81.5 Å². The van der Waals surface area contributed by atoms with E-state index >= 15 is 0 Å². The predicted octanol–water partition coefficient (Wildman–Crippen LogP) is 0.0893. The number of hydrogen-bond donors (Lipinski definition) is 0. The lowest BCUT2D eigenvalue weighted by Gasteiger charge is -2.14. The van der Waals surface area contributed by atoms with E-state index in [9.17, 15) is 13.2 Å². The summed E-state index contributed by atoms with van der Waals surface area (Å²) in [4.78, 5) is 15.0. The molecule has 0 radical (unpaired) electrons. The molecule has 0 spiro atoms. The van der Waals surface area contributed by atoms with Crippen LogP contribution >= 0.6 is 11.8 Å². The van der Waals surface area contributed by atoms with E-state index in [0.717, 1.165) is 6.42 Å². The van der Waals surface area contributed by atoms with Crippen LogP contribution in [0.4, 0.5) is 0 Å². The molecule has 2 rings (SSSR count). The van der Waals surface area contributed by atoms with Gasteiger partial charge in [-0.3, -0.25) is 4.79 Å². The van der Waals surface area contributed by atoms with Gasteiger partial charge in [-0.2, -0.15) is 4.31 Å². The Morgan fingerprint density at radius 2 is 2.35 bits per heavy atom. The number of imidazole rings is 1. The molecule has 0 aliphatic carbocycles. The van der Waals surface area contributed by atoms with Gasteiger partial charge in [-0.1, -0.05) is 0 Å². The summed E-state index contributed by atoms with van der Waals surface area (Å²) in [7, 11) is -0.453. The summed E-state index contributed by atoms with van der Waals surface area (Å²) in [5, 5.41) is 0.186. The Bertz CT molecular complexity index is 584. The van der Waals surface area contributed by atoms with Crippen molar-refractivity contribution in [2.45, 2.75) is 16.7 Å². The number of aryl methyl sites for hydroxylation is 1. The zero-order valence-corrected chi connectivity index (χ0v) is 13.0. The van der Waals surface area contributed by atoms with Crippen LogP contribution in [0.15, 0.2) is 17.6 Å². The molecule has 0 N–H and O–H groups in total. The van der Waals surface area contributed by atoms with Crippen molar-refractivity contribution in [1.82, 2.24) is 13.9 Å². The molecule has 1 aromatic heterocycles. The van der Waals surface area contributed by atoms with Crippen molar-refractivity contribution in [2.75, 3.05) is 26.0 Å². The molecule has 1 aliphatic heterocycles. The highest BCUT2D eigenvalue weighted by atomic mass is 32.2. The first-order valence-electron chi connectivity index (χ1n) is 6.10.